The number of rotatable bonds is 1. The number of nitrogens with two attached hydrogens (primary N) is 1. The van der Waals surface area contributed by atoms with Crippen LogP contribution in [-0.4, -0.2) is 9.55 Å². The van der Waals surface area contributed by atoms with Crippen LogP contribution in [0.25, 0.3) is 22.0 Å². The second kappa shape index (κ2) is 5.30. The number of hydrogen-bond donors (Lipinski definition) is 1. The maximum absolute atomic E-state index is 13.4. The van der Waals surface area contributed by atoms with Gasteiger partial charge in [0.05, 0.1) is 16.9 Å². The van der Waals surface area contributed by atoms with Gasteiger partial charge in [-0.25, -0.2) is 4.98 Å². The van der Waals surface area contributed by atoms with Crippen molar-refractivity contribution in [1.29, 1.82) is 0 Å². The molecule has 0 spiro atoms. The van der Waals surface area contributed by atoms with Gasteiger partial charge in [-0.05, 0) is 47.4 Å². The third-order valence-corrected chi connectivity index (χ3v) is 5.16. The van der Waals surface area contributed by atoms with Crippen LogP contribution in [0.5, 0.6) is 0 Å². The van der Waals surface area contributed by atoms with Crippen LogP contribution in [0.15, 0.2) is 71.5 Å². The predicted molar refractivity (Wildman–Crippen MR) is 104 cm³/mol. The lowest BCUT2D eigenvalue weighted by molar-refractivity contribution is 0.631. The van der Waals surface area contributed by atoms with Crippen molar-refractivity contribution in [3.05, 3.63) is 94.0 Å². The van der Waals surface area contributed by atoms with Gasteiger partial charge in [0.15, 0.2) is 0 Å². The number of aryl methyl sites for hydroxylation is 1. The molecule has 1 aromatic heterocycles. The van der Waals surface area contributed by atoms with Crippen LogP contribution in [-0.2, 0) is 0 Å². The van der Waals surface area contributed by atoms with Crippen molar-refractivity contribution >= 4 is 16.6 Å². The van der Waals surface area contributed by atoms with E-state index in [0.717, 1.165) is 11.1 Å². The number of fused-ring (bicyclic) bond motifs is 4. The lowest BCUT2D eigenvalue weighted by atomic mass is 10.0. The van der Waals surface area contributed by atoms with Crippen molar-refractivity contribution in [1.82, 2.24) is 9.55 Å². The van der Waals surface area contributed by atoms with Gasteiger partial charge in [0.25, 0.3) is 5.56 Å². The van der Waals surface area contributed by atoms with E-state index < -0.39 is 0 Å². The smallest absolute Gasteiger partial charge is 0.262 e. The van der Waals surface area contributed by atoms with Crippen LogP contribution in [0, 0.1) is 6.92 Å². The van der Waals surface area contributed by atoms with Gasteiger partial charge in [0.1, 0.15) is 5.82 Å². The second-order valence-electron chi connectivity index (χ2n) is 6.69. The van der Waals surface area contributed by atoms with E-state index >= 15 is 0 Å². The summed E-state index contributed by atoms with van der Waals surface area (Å²) in [7, 11) is 0. The summed E-state index contributed by atoms with van der Waals surface area (Å²) in [6.45, 7) is 1.89. The van der Waals surface area contributed by atoms with Gasteiger partial charge in [-0.15, -0.1) is 0 Å². The Morgan fingerprint density at radius 1 is 0.923 bits per heavy atom. The molecule has 0 amide bonds. The molecule has 2 N–H and O–H groups in total. The molecule has 0 bridgehead atoms. The Labute approximate surface area is 150 Å². The van der Waals surface area contributed by atoms with Gasteiger partial charge in [-0.1, -0.05) is 48.5 Å². The molecule has 5 rings (SSSR count). The molecular weight excluding hydrogens is 322 g/mol. The highest BCUT2D eigenvalue weighted by Crippen LogP contribution is 2.45. The van der Waals surface area contributed by atoms with E-state index in [-0.39, 0.29) is 11.6 Å². The fourth-order valence-electron chi connectivity index (χ4n) is 4.04. The van der Waals surface area contributed by atoms with Gasteiger partial charge in [0.2, 0.25) is 0 Å². The van der Waals surface area contributed by atoms with E-state index in [4.69, 9.17) is 5.73 Å². The van der Waals surface area contributed by atoms with Crippen LogP contribution in [0.3, 0.4) is 0 Å². The van der Waals surface area contributed by atoms with Gasteiger partial charge >= 0.3 is 0 Å². The molecule has 0 unspecified atom stereocenters. The number of benzene rings is 3. The lowest BCUT2D eigenvalue weighted by Crippen LogP contribution is -2.28. The number of anilines is 1. The Bertz CT molecular complexity index is 1190. The maximum Gasteiger partial charge on any atom is 0.262 e. The van der Waals surface area contributed by atoms with Crippen molar-refractivity contribution < 1.29 is 0 Å². The highest BCUT2D eigenvalue weighted by Gasteiger charge is 2.31. The van der Waals surface area contributed by atoms with E-state index in [1.807, 2.05) is 31.2 Å². The van der Waals surface area contributed by atoms with Crippen LogP contribution >= 0.6 is 0 Å². The standard InChI is InChI=1S/C22H17N3O/c1-13-24-20-11-10-14(23)12-19(20)22(26)25(13)21-17-8-4-2-6-15(17)16-7-3-5-9-18(16)21/h2-12,21H,23H2,1H3. The van der Waals surface area contributed by atoms with E-state index in [1.54, 1.807) is 22.8 Å². The summed E-state index contributed by atoms with van der Waals surface area (Å²) in [6.07, 6.45) is 0. The molecule has 126 valence electrons. The molecule has 0 atom stereocenters. The third kappa shape index (κ3) is 1.96. The Hall–Kier alpha value is -3.40. The zero-order valence-corrected chi connectivity index (χ0v) is 14.3. The normalized spacial score (nSPS) is 13.0. The summed E-state index contributed by atoms with van der Waals surface area (Å²) < 4.78 is 1.80. The Kier molecular flexibility index (Phi) is 3.04. The maximum atomic E-state index is 13.4. The Morgan fingerprint density at radius 3 is 2.19 bits per heavy atom. The van der Waals surface area contributed by atoms with Crippen molar-refractivity contribution in [2.24, 2.45) is 0 Å². The predicted octanol–water partition coefficient (Wildman–Crippen LogP) is 3.91. The Morgan fingerprint density at radius 2 is 1.54 bits per heavy atom. The molecule has 4 nitrogen and oxygen atoms in total. The molecule has 0 radical (unpaired) electrons. The summed E-state index contributed by atoms with van der Waals surface area (Å²) in [6, 6.07) is 21.6. The molecule has 0 saturated carbocycles. The molecule has 4 aromatic rings. The zero-order chi connectivity index (χ0) is 17.8. The first-order chi connectivity index (χ1) is 12.6. The molecule has 1 aliphatic rings. The fourth-order valence-corrected chi connectivity index (χ4v) is 4.04. The topological polar surface area (TPSA) is 60.9 Å². The Balaban J connectivity index is 1.88. The van der Waals surface area contributed by atoms with Crippen molar-refractivity contribution in [3.8, 4) is 11.1 Å². The van der Waals surface area contributed by atoms with Crippen molar-refractivity contribution in [3.63, 3.8) is 0 Å². The molecule has 1 heterocycles. The average molecular weight is 339 g/mol. The number of nitrogens with zero attached hydrogens (tertiary/aromatic N) is 2. The summed E-state index contributed by atoms with van der Waals surface area (Å²) in [5, 5.41) is 0.553. The van der Waals surface area contributed by atoms with Crippen LogP contribution < -0.4 is 11.3 Å². The van der Waals surface area contributed by atoms with E-state index in [1.165, 1.54) is 11.1 Å². The molecule has 0 fully saturated rings. The number of hydrogen-bond acceptors (Lipinski definition) is 3. The largest absolute Gasteiger partial charge is 0.399 e. The highest BCUT2D eigenvalue weighted by molar-refractivity contribution is 5.82. The van der Waals surface area contributed by atoms with Crippen LogP contribution in [0.1, 0.15) is 23.0 Å². The van der Waals surface area contributed by atoms with Crippen LogP contribution in [0.4, 0.5) is 5.69 Å². The monoisotopic (exact) mass is 339 g/mol. The summed E-state index contributed by atoms with van der Waals surface area (Å²) >= 11 is 0. The first kappa shape index (κ1) is 14.9. The molecule has 4 heteroatoms. The molecule has 26 heavy (non-hydrogen) atoms. The van der Waals surface area contributed by atoms with Gasteiger partial charge in [0, 0.05) is 5.69 Å². The van der Waals surface area contributed by atoms with Crippen molar-refractivity contribution in [2.45, 2.75) is 13.0 Å². The minimum absolute atomic E-state index is 0.0590. The summed E-state index contributed by atoms with van der Waals surface area (Å²) in [5.74, 6) is 0.698. The zero-order valence-electron chi connectivity index (χ0n) is 14.3. The third-order valence-electron chi connectivity index (χ3n) is 5.16. The van der Waals surface area contributed by atoms with E-state index in [9.17, 15) is 4.79 Å². The minimum Gasteiger partial charge on any atom is -0.399 e. The first-order valence-corrected chi connectivity index (χ1v) is 8.62. The summed E-state index contributed by atoms with van der Waals surface area (Å²) in [4.78, 5) is 18.1. The number of nitrogen functional groups attached to an aromatic ring is 1. The van der Waals surface area contributed by atoms with Gasteiger partial charge < -0.3 is 5.73 Å². The number of aromatic nitrogens is 2. The highest BCUT2D eigenvalue weighted by atomic mass is 16.1. The first-order valence-electron chi connectivity index (χ1n) is 8.62. The lowest BCUT2D eigenvalue weighted by Gasteiger charge is -2.20. The average Bonchev–Trinajstić information content (AvgIpc) is 2.98. The molecular formula is C22H17N3O. The molecule has 3 aromatic carbocycles. The molecule has 1 aliphatic carbocycles. The van der Waals surface area contributed by atoms with Gasteiger partial charge in [-0.2, -0.15) is 0 Å². The minimum atomic E-state index is -0.173. The molecule has 0 saturated heterocycles. The van der Waals surface area contributed by atoms with Crippen molar-refractivity contribution in [2.75, 3.05) is 5.73 Å². The van der Waals surface area contributed by atoms with E-state index in [0.29, 0.717) is 22.4 Å². The van der Waals surface area contributed by atoms with E-state index in [2.05, 4.69) is 29.2 Å². The fraction of sp³-hybridized carbons (Fsp3) is 0.0909. The van der Waals surface area contributed by atoms with Gasteiger partial charge in [-0.3, -0.25) is 9.36 Å². The molecule has 0 aliphatic heterocycles. The summed E-state index contributed by atoms with van der Waals surface area (Å²) in [5.41, 5.74) is 11.7. The SMILES string of the molecule is Cc1nc2ccc(N)cc2c(=O)n1C1c2ccccc2-c2ccccc21. The quantitative estimate of drug-likeness (QED) is 0.471. The second-order valence-corrected chi connectivity index (χ2v) is 6.69. The van der Waals surface area contributed by atoms with Crippen LogP contribution in [0.2, 0.25) is 0 Å².